The number of fused-ring (bicyclic) bond motifs is 1. The molecule has 0 radical (unpaired) electrons. The highest BCUT2D eigenvalue weighted by Crippen LogP contribution is 2.34. The van der Waals surface area contributed by atoms with Crippen LogP contribution in [0.5, 0.6) is 17.2 Å². The summed E-state index contributed by atoms with van der Waals surface area (Å²) >= 11 is 1.48. The Morgan fingerprint density at radius 2 is 1.94 bits per heavy atom. The number of hydrogen-bond donors (Lipinski definition) is 1. The van der Waals surface area contributed by atoms with Crippen LogP contribution in [-0.4, -0.2) is 36.3 Å². The molecule has 0 fully saturated rings. The van der Waals surface area contributed by atoms with E-state index in [1.807, 2.05) is 66.9 Å². The van der Waals surface area contributed by atoms with E-state index in [-0.39, 0.29) is 5.75 Å². The molecular weight excluding hydrogens is 434 g/mol. The summed E-state index contributed by atoms with van der Waals surface area (Å²) in [6.45, 7) is 6.11. The normalized spacial score (nSPS) is 12.2. The summed E-state index contributed by atoms with van der Waals surface area (Å²) < 4.78 is 12.7. The molecular formula is C26H25N3O3S. The Morgan fingerprint density at radius 3 is 2.70 bits per heavy atom. The van der Waals surface area contributed by atoms with Gasteiger partial charge in [-0.3, -0.25) is 4.99 Å². The first kappa shape index (κ1) is 22.4. The zero-order chi connectivity index (χ0) is 23.4. The van der Waals surface area contributed by atoms with E-state index in [0.29, 0.717) is 34.1 Å². The Morgan fingerprint density at radius 1 is 1.12 bits per heavy atom. The molecule has 0 aliphatic carbocycles. The number of thiazole rings is 1. The minimum atomic E-state index is 0.207. The van der Waals surface area contributed by atoms with Gasteiger partial charge in [0.05, 0.1) is 32.2 Å². The van der Waals surface area contributed by atoms with Crippen LogP contribution >= 0.6 is 11.3 Å². The number of phenols is 1. The number of methoxy groups -OCH3 is 2. The van der Waals surface area contributed by atoms with Crippen molar-refractivity contribution in [2.45, 2.75) is 6.92 Å². The van der Waals surface area contributed by atoms with E-state index in [1.54, 1.807) is 25.0 Å². The molecule has 0 spiro atoms. The number of nitrogens with zero attached hydrogens (tertiary/aromatic N) is 3. The molecule has 168 valence electrons. The number of aromatic hydroxyl groups is 1. The third-order valence-electron chi connectivity index (χ3n) is 5.27. The SMILES string of the molecule is C=CCN=c1scc(-c2ccc(OC)cc2OC)n1N=C(C)c1ccc2ccccc2c1O. The molecule has 0 atom stereocenters. The molecule has 3 aromatic carbocycles. The lowest BCUT2D eigenvalue weighted by Gasteiger charge is -2.12. The fraction of sp³-hybridized carbons (Fsp3) is 0.154. The van der Waals surface area contributed by atoms with Crippen molar-refractivity contribution in [3.05, 3.63) is 83.0 Å². The van der Waals surface area contributed by atoms with Crippen LogP contribution in [0.3, 0.4) is 0 Å². The fourth-order valence-corrected chi connectivity index (χ4v) is 4.43. The predicted molar refractivity (Wildman–Crippen MR) is 135 cm³/mol. The molecule has 1 aromatic heterocycles. The molecule has 0 aliphatic rings. The topological polar surface area (TPSA) is 68.3 Å². The van der Waals surface area contributed by atoms with Gasteiger partial charge in [-0.2, -0.15) is 5.10 Å². The van der Waals surface area contributed by atoms with Crippen molar-refractivity contribution in [2.75, 3.05) is 20.8 Å². The zero-order valence-corrected chi connectivity index (χ0v) is 19.6. The maximum atomic E-state index is 10.9. The van der Waals surface area contributed by atoms with E-state index >= 15 is 0 Å². The minimum Gasteiger partial charge on any atom is -0.507 e. The Hall–Kier alpha value is -3.84. The molecule has 33 heavy (non-hydrogen) atoms. The first-order valence-corrected chi connectivity index (χ1v) is 11.3. The number of rotatable bonds is 7. The van der Waals surface area contributed by atoms with Crippen molar-refractivity contribution in [2.24, 2.45) is 10.1 Å². The van der Waals surface area contributed by atoms with Gasteiger partial charge in [-0.1, -0.05) is 36.4 Å². The number of phenolic OH excluding ortho intramolecular Hbond substituents is 1. The van der Waals surface area contributed by atoms with Crippen LogP contribution in [0.25, 0.3) is 22.0 Å². The molecule has 0 aliphatic heterocycles. The number of aromatic nitrogens is 1. The average molecular weight is 460 g/mol. The van der Waals surface area contributed by atoms with Gasteiger partial charge in [0.1, 0.15) is 17.2 Å². The van der Waals surface area contributed by atoms with Crippen LogP contribution in [-0.2, 0) is 0 Å². The first-order chi connectivity index (χ1) is 16.1. The van der Waals surface area contributed by atoms with Crippen LogP contribution < -0.4 is 14.3 Å². The Kier molecular flexibility index (Phi) is 6.60. The van der Waals surface area contributed by atoms with Gasteiger partial charge < -0.3 is 14.6 Å². The standard InChI is InChI=1S/C26H25N3O3S/c1-5-14-27-26-29(23(16-33-26)22-13-11-19(31-3)15-24(22)32-4)28-17(2)20-12-10-18-8-6-7-9-21(18)25(20)30/h5-13,15-16,30H,1,14H2,2-4H3. The van der Waals surface area contributed by atoms with Gasteiger partial charge in [0.15, 0.2) is 0 Å². The lowest BCUT2D eigenvalue weighted by molar-refractivity contribution is 0.395. The second-order valence-electron chi connectivity index (χ2n) is 7.28. The lowest BCUT2D eigenvalue weighted by atomic mass is 10.0. The van der Waals surface area contributed by atoms with Crippen molar-refractivity contribution >= 4 is 27.8 Å². The highest BCUT2D eigenvalue weighted by atomic mass is 32.1. The molecule has 1 heterocycles. The summed E-state index contributed by atoms with van der Waals surface area (Å²) in [6, 6.07) is 17.3. The van der Waals surface area contributed by atoms with E-state index in [1.165, 1.54) is 11.3 Å². The maximum Gasteiger partial charge on any atom is 0.206 e. The number of ether oxygens (including phenoxy) is 2. The van der Waals surface area contributed by atoms with Gasteiger partial charge in [-0.15, -0.1) is 17.9 Å². The Balaban J connectivity index is 1.90. The van der Waals surface area contributed by atoms with Crippen LogP contribution in [0, 0.1) is 0 Å². The summed E-state index contributed by atoms with van der Waals surface area (Å²) in [7, 11) is 3.24. The average Bonchev–Trinajstić information content (AvgIpc) is 3.24. The van der Waals surface area contributed by atoms with E-state index in [2.05, 4.69) is 11.6 Å². The summed E-state index contributed by atoms with van der Waals surface area (Å²) in [5.74, 6) is 1.57. The van der Waals surface area contributed by atoms with Crippen LogP contribution in [0.4, 0.5) is 0 Å². The molecule has 0 amide bonds. The van der Waals surface area contributed by atoms with Crippen molar-refractivity contribution in [1.29, 1.82) is 0 Å². The Labute approximate surface area is 196 Å². The highest BCUT2D eigenvalue weighted by molar-refractivity contribution is 7.07. The van der Waals surface area contributed by atoms with Crippen molar-refractivity contribution in [3.63, 3.8) is 0 Å². The van der Waals surface area contributed by atoms with Gasteiger partial charge in [0.2, 0.25) is 4.80 Å². The quantitative estimate of drug-likeness (QED) is 0.295. The molecule has 1 N–H and O–H groups in total. The van der Waals surface area contributed by atoms with Gasteiger partial charge in [-0.05, 0) is 30.5 Å². The van der Waals surface area contributed by atoms with E-state index < -0.39 is 0 Å². The summed E-state index contributed by atoms with van der Waals surface area (Å²) in [6.07, 6.45) is 1.74. The molecule has 0 unspecified atom stereocenters. The fourth-order valence-electron chi connectivity index (χ4n) is 3.59. The van der Waals surface area contributed by atoms with Crippen LogP contribution in [0.2, 0.25) is 0 Å². The van der Waals surface area contributed by atoms with E-state index in [0.717, 1.165) is 22.0 Å². The monoisotopic (exact) mass is 459 g/mol. The van der Waals surface area contributed by atoms with E-state index in [4.69, 9.17) is 14.6 Å². The minimum absolute atomic E-state index is 0.207. The van der Waals surface area contributed by atoms with Crippen molar-refractivity contribution in [1.82, 2.24) is 4.68 Å². The maximum absolute atomic E-state index is 10.9. The molecule has 7 heteroatoms. The second-order valence-corrected chi connectivity index (χ2v) is 8.12. The largest absolute Gasteiger partial charge is 0.507 e. The van der Waals surface area contributed by atoms with Gasteiger partial charge in [0.25, 0.3) is 0 Å². The molecule has 0 bridgehead atoms. The van der Waals surface area contributed by atoms with Crippen molar-refractivity contribution < 1.29 is 14.6 Å². The molecule has 4 aromatic rings. The third kappa shape index (κ3) is 4.40. The molecule has 0 saturated carbocycles. The predicted octanol–water partition coefficient (Wildman–Crippen LogP) is 5.45. The van der Waals surface area contributed by atoms with E-state index in [9.17, 15) is 5.11 Å². The van der Waals surface area contributed by atoms with Crippen molar-refractivity contribution in [3.8, 4) is 28.5 Å². The van der Waals surface area contributed by atoms with Gasteiger partial charge in [0, 0.05) is 28.0 Å². The molecule has 0 saturated heterocycles. The van der Waals surface area contributed by atoms with Gasteiger partial charge >= 0.3 is 0 Å². The summed E-state index contributed by atoms with van der Waals surface area (Å²) in [5, 5.41) is 19.5. The lowest BCUT2D eigenvalue weighted by Crippen LogP contribution is -2.15. The Bertz CT molecular complexity index is 1420. The number of hydrogen-bond acceptors (Lipinski definition) is 6. The second kappa shape index (κ2) is 9.75. The van der Waals surface area contributed by atoms with Crippen LogP contribution in [0.1, 0.15) is 12.5 Å². The van der Waals surface area contributed by atoms with Crippen LogP contribution in [0.15, 0.2) is 82.7 Å². The molecule has 4 rings (SSSR count). The first-order valence-electron chi connectivity index (χ1n) is 10.4. The smallest absolute Gasteiger partial charge is 0.206 e. The molecule has 6 nitrogen and oxygen atoms in total. The number of benzene rings is 3. The third-order valence-corrected chi connectivity index (χ3v) is 6.12. The summed E-state index contributed by atoms with van der Waals surface area (Å²) in [4.78, 5) is 5.32. The summed E-state index contributed by atoms with van der Waals surface area (Å²) in [5.41, 5.74) is 3.00. The van der Waals surface area contributed by atoms with Gasteiger partial charge in [-0.25, -0.2) is 4.68 Å². The highest BCUT2D eigenvalue weighted by Gasteiger charge is 2.15. The zero-order valence-electron chi connectivity index (χ0n) is 18.8.